The number of carbonyl (C=O) groups is 1. The van der Waals surface area contributed by atoms with Crippen LogP contribution in [0, 0.1) is 6.92 Å². The molecule has 1 amide bonds. The van der Waals surface area contributed by atoms with E-state index in [0.717, 1.165) is 4.88 Å². The Morgan fingerprint density at radius 3 is 2.97 bits per heavy atom. The first-order chi connectivity index (χ1) is 14.6. The Morgan fingerprint density at radius 1 is 1.33 bits per heavy atom. The maximum Gasteiger partial charge on any atom is 0.226 e. The van der Waals surface area contributed by atoms with Crippen molar-refractivity contribution >= 4 is 22.9 Å². The van der Waals surface area contributed by atoms with Gasteiger partial charge in [0.05, 0.1) is 12.0 Å². The minimum absolute atomic E-state index is 0.113. The van der Waals surface area contributed by atoms with Gasteiger partial charge in [-0.3, -0.25) is 4.79 Å². The first kappa shape index (κ1) is 19.7. The van der Waals surface area contributed by atoms with Crippen LogP contribution < -0.4 is 10.1 Å². The Balaban J connectivity index is 1.35. The van der Waals surface area contributed by atoms with Crippen molar-refractivity contribution in [2.75, 3.05) is 12.4 Å². The highest BCUT2D eigenvalue weighted by Gasteiger charge is 2.13. The molecule has 0 spiro atoms. The number of thiophene rings is 1. The second-order valence-electron chi connectivity index (χ2n) is 6.42. The van der Waals surface area contributed by atoms with Gasteiger partial charge in [-0.15, -0.1) is 16.4 Å². The monoisotopic (exact) mass is 425 g/mol. The molecule has 30 heavy (non-hydrogen) atoms. The number of tetrazole rings is 1. The number of amides is 1. The van der Waals surface area contributed by atoms with Crippen molar-refractivity contribution in [1.29, 1.82) is 0 Å². The maximum atomic E-state index is 12.4. The van der Waals surface area contributed by atoms with Crippen molar-refractivity contribution in [3.63, 3.8) is 0 Å². The number of aromatic nitrogens is 6. The van der Waals surface area contributed by atoms with Gasteiger partial charge < -0.3 is 14.6 Å². The lowest BCUT2D eigenvalue weighted by molar-refractivity contribution is -0.116. The second-order valence-corrected chi connectivity index (χ2v) is 7.36. The van der Waals surface area contributed by atoms with Crippen molar-refractivity contribution in [3.8, 4) is 22.1 Å². The van der Waals surface area contributed by atoms with Crippen LogP contribution in [0.1, 0.15) is 24.6 Å². The number of methoxy groups -OCH3 is 1. The Hall–Kier alpha value is -3.60. The molecule has 4 rings (SSSR count). The molecule has 3 aromatic heterocycles. The van der Waals surface area contributed by atoms with E-state index in [-0.39, 0.29) is 5.91 Å². The lowest BCUT2D eigenvalue weighted by Crippen LogP contribution is -2.12. The molecule has 1 aromatic carbocycles. The average Bonchev–Trinajstić information content (AvgIpc) is 3.49. The molecular weight excluding hydrogens is 406 g/mol. The summed E-state index contributed by atoms with van der Waals surface area (Å²) in [7, 11) is 1.57. The molecule has 0 fully saturated rings. The van der Waals surface area contributed by atoms with Crippen LogP contribution in [0.25, 0.3) is 16.4 Å². The van der Waals surface area contributed by atoms with Crippen LogP contribution in [-0.2, 0) is 11.2 Å². The number of anilines is 1. The normalized spacial score (nSPS) is 10.9. The van der Waals surface area contributed by atoms with E-state index in [1.54, 1.807) is 48.3 Å². The van der Waals surface area contributed by atoms with E-state index in [2.05, 4.69) is 31.0 Å². The molecule has 0 saturated carbocycles. The molecule has 10 nitrogen and oxygen atoms in total. The number of rotatable bonds is 8. The highest BCUT2D eigenvalue weighted by Crippen LogP contribution is 2.26. The number of carbonyl (C=O) groups excluding carboxylic acids is 1. The van der Waals surface area contributed by atoms with Gasteiger partial charge in [-0.1, -0.05) is 11.2 Å². The molecule has 3 heterocycles. The fraction of sp³-hybridized carbons (Fsp3) is 0.263. The van der Waals surface area contributed by atoms with Gasteiger partial charge in [0.15, 0.2) is 5.82 Å². The number of benzene rings is 1. The maximum absolute atomic E-state index is 12.4. The number of nitrogens with one attached hydrogen (secondary N) is 1. The van der Waals surface area contributed by atoms with Crippen molar-refractivity contribution in [3.05, 3.63) is 47.4 Å². The molecule has 0 saturated heterocycles. The first-order valence-corrected chi connectivity index (χ1v) is 10.1. The summed E-state index contributed by atoms with van der Waals surface area (Å²) in [6.45, 7) is 1.78. The van der Waals surface area contributed by atoms with Crippen LogP contribution in [0.4, 0.5) is 5.69 Å². The average molecular weight is 425 g/mol. The summed E-state index contributed by atoms with van der Waals surface area (Å²) in [5, 5.41) is 20.3. The van der Waals surface area contributed by atoms with Gasteiger partial charge >= 0.3 is 0 Å². The van der Waals surface area contributed by atoms with Crippen LogP contribution in [0.5, 0.6) is 5.75 Å². The zero-order chi connectivity index (χ0) is 20.9. The minimum atomic E-state index is -0.113. The molecule has 0 unspecified atom stereocenters. The van der Waals surface area contributed by atoms with Gasteiger partial charge in [0.25, 0.3) is 0 Å². The fourth-order valence-electron chi connectivity index (χ4n) is 2.87. The van der Waals surface area contributed by atoms with Crippen molar-refractivity contribution in [2.45, 2.75) is 26.2 Å². The third kappa shape index (κ3) is 4.35. The number of aryl methyl sites for hydroxylation is 2. The third-order valence-electron chi connectivity index (χ3n) is 4.32. The predicted molar refractivity (Wildman–Crippen MR) is 110 cm³/mol. The molecule has 0 bridgehead atoms. The molecule has 0 aliphatic carbocycles. The van der Waals surface area contributed by atoms with E-state index in [1.807, 2.05) is 17.5 Å². The van der Waals surface area contributed by atoms with Crippen LogP contribution in [-0.4, -0.2) is 43.4 Å². The molecule has 4 aromatic rings. The van der Waals surface area contributed by atoms with Gasteiger partial charge in [-0.2, -0.15) is 9.67 Å². The Bertz CT molecular complexity index is 1140. The fourth-order valence-corrected chi connectivity index (χ4v) is 3.52. The number of ether oxygens (including phenoxy) is 1. The number of nitrogens with zero attached hydrogens (tertiary/aromatic N) is 6. The minimum Gasteiger partial charge on any atom is -0.494 e. The smallest absolute Gasteiger partial charge is 0.226 e. The van der Waals surface area contributed by atoms with Crippen LogP contribution >= 0.6 is 11.3 Å². The van der Waals surface area contributed by atoms with Crippen LogP contribution in [0.2, 0.25) is 0 Å². The van der Waals surface area contributed by atoms with Gasteiger partial charge in [0.2, 0.25) is 17.6 Å². The highest BCUT2D eigenvalue weighted by atomic mass is 32.1. The molecule has 0 radical (unpaired) electrons. The molecule has 0 atom stereocenters. The highest BCUT2D eigenvalue weighted by molar-refractivity contribution is 7.13. The predicted octanol–water partition coefficient (Wildman–Crippen LogP) is 3.05. The van der Waals surface area contributed by atoms with E-state index < -0.39 is 0 Å². The van der Waals surface area contributed by atoms with Crippen molar-refractivity contribution in [2.24, 2.45) is 0 Å². The zero-order valence-electron chi connectivity index (χ0n) is 16.4. The third-order valence-corrected chi connectivity index (χ3v) is 5.19. The largest absolute Gasteiger partial charge is 0.494 e. The number of hydrogen-bond donors (Lipinski definition) is 1. The molecule has 154 valence electrons. The molecule has 11 heteroatoms. The topological polar surface area (TPSA) is 121 Å². The summed E-state index contributed by atoms with van der Waals surface area (Å²) in [5.74, 6) is 2.19. The Morgan fingerprint density at radius 2 is 2.23 bits per heavy atom. The van der Waals surface area contributed by atoms with Crippen molar-refractivity contribution in [1.82, 2.24) is 30.3 Å². The zero-order valence-corrected chi connectivity index (χ0v) is 17.2. The van der Waals surface area contributed by atoms with Gasteiger partial charge in [-0.25, -0.2) is 0 Å². The van der Waals surface area contributed by atoms with Crippen LogP contribution in [0.15, 0.2) is 40.2 Å². The van der Waals surface area contributed by atoms with E-state index >= 15 is 0 Å². The molecule has 0 aliphatic rings. The summed E-state index contributed by atoms with van der Waals surface area (Å²) in [6, 6.07) is 9.17. The summed E-state index contributed by atoms with van der Waals surface area (Å²) in [4.78, 5) is 17.7. The Kier molecular flexibility index (Phi) is 5.80. The quantitative estimate of drug-likeness (QED) is 0.457. The molecular formula is C19H19N7O3S. The van der Waals surface area contributed by atoms with E-state index in [0.29, 0.717) is 53.9 Å². The van der Waals surface area contributed by atoms with Gasteiger partial charge in [0, 0.05) is 18.5 Å². The van der Waals surface area contributed by atoms with Gasteiger partial charge in [0.1, 0.15) is 11.4 Å². The summed E-state index contributed by atoms with van der Waals surface area (Å²) in [5.41, 5.74) is 1.27. The summed E-state index contributed by atoms with van der Waals surface area (Å²) in [6.07, 6.45) is 1.44. The van der Waals surface area contributed by atoms with Crippen LogP contribution in [0.3, 0.4) is 0 Å². The summed E-state index contributed by atoms with van der Waals surface area (Å²) < 4.78 is 12.2. The van der Waals surface area contributed by atoms with E-state index in [1.165, 1.54) is 0 Å². The number of hydrogen-bond acceptors (Lipinski definition) is 9. The SMILES string of the molecule is COc1ccc(NC(=O)CCCc2nc(-c3cccs3)no2)cc1-n1nnnc1C. The Labute approximate surface area is 175 Å². The van der Waals surface area contributed by atoms with Gasteiger partial charge in [-0.05, 0) is 53.4 Å². The standard InChI is InChI=1S/C19H19N7O3S/c1-12-22-24-25-26(12)14-11-13(8-9-15(14)28-2)20-17(27)6-3-7-18-21-19(23-29-18)16-5-4-10-30-16/h4-5,8-11H,3,6-7H2,1-2H3,(H,20,27). The summed E-state index contributed by atoms with van der Waals surface area (Å²) >= 11 is 1.55. The lowest BCUT2D eigenvalue weighted by Gasteiger charge is -2.11. The molecule has 0 aliphatic heterocycles. The van der Waals surface area contributed by atoms with Crippen molar-refractivity contribution < 1.29 is 14.1 Å². The van der Waals surface area contributed by atoms with E-state index in [9.17, 15) is 4.79 Å². The first-order valence-electron chi connectivity index (χ1n) is 9.24. The second kappa shape index (κ2) is 8.82. The van der Waals surface area contributed by atoms with E-state index in [4.69, 9.17) is 9.26 Å². The molecule has 1 N–H and O–H groups in total. The lowest BCUT2D eigenvalue weighted by atomic mass is 10.2.